The number of hydrogen-bond donors (Lipinski definition) is 0. The first kappa shape index (κ1) is 17.3. The van der Waals surface area contributed by atoms with E-state index in [0.29, 0.717) is 22.9 Å². The number of methoxy groups -OCH3 is 1. The predicted octanol–water partition coefficient (Wildman–Crippen LogP) is 1.94. The summed E-state index contributed by atoms with van der Waals surface area (Å²) >= 11 is 5.93. The van der Waals surface area contributed by atoms with E-state index in [1.54, 1.807) is 19.1 Å². The number of ether oxygens (including phenoxy) is 2. The van der Waals surface area contributed by atoms with E-state index in [4.69, 9.17) is 21.1 Å². The summed E-state index contributed by atoms with van der Waals surface area (Å²) in [4.78, 5) is 37.8. The van der Waals surface area contributed by atoms with E-state index >= 15 is 0 Å². The highest BCUT2D eigenvalue weighted by molar-refractivity contribution is 6.31. The number of benzene rings is 1. The predicted molar refractivity (Wildman–Crippen MR) is 83.7 cm³/mol. The van der Waals surface area contributed by atoms with Gasteiger partial charge in [-0.05, 0) is 31.5 Å². The fourth-order valence-electron chi connectivity index (χ4n) is 2.51. The Morgan fingerprint density at radius 3 is 2.74 bits per heavy atom. The molecule has 1 heterocycles. The number of esters is 1. The molecule has 6 nitrogen and oxygen atoms in total. The Bertz CT molecular complexity index is 631. The minimum absolute atomic E-state index is 0.127. The fourth-order valence-corrected chi connectivity index (χ4v) is 2.68. The highest BCUT2D eigenvalue weighted by Gasteiger charge is 2.36. The van der Waals surface area contributed by atoms with Gasteiger partial charge in [0.1, 0.15) is 11.7 Å². The van der Waals surface area contributed by atoms with Crippen molar-refractivity contribution in [2.24, 2.45) is 5.92 Å². The molecule has 1 saturated heterocycles. The van der Waals surface area contributed by atoms with Crippen LogP contribution in [0.2, 0.25) is 5.02 Å². The molecule has 0 N–H and O–H groups in total. The monoisotopic (exact) mass is 339 g/mol. The van der Waals surface area contributed by atoms with Gasteiger partial charge in [-0.3, -0.25) is 14.4 Å². The number of carbonyl (C=O) groups is 3. The zero-order valence-electron chi connectivity index (χ0n) is 13.0. The Morgan fingerprint density at radius 2 is 2.13 bits per heavy atom. The second-order valence-corrected chi connectivity index (χ2v) is 5.57. The molecule has 0 bridgehead atoms. The van der Waals surface area contributed by atoms with Crippen LogP contribution in [-0.2, 0) is 14.3 Å². The van der Waals surface area contributed by atoms with Gasteiger partial charge in [-0.1, -0.05) is 11.6 Å². The minimum Gasteiger partial charge on any atom is -0.496 e. The standard InChI is InChI=1S/C16H18ClNO5/c1-3-23-16(21)11-6-7-18(9-13(11)19)15(20)12-8-10(17)4-5-14(12)22-2/h4-5,8,11H,3,6-7,9H2,1-2H3. The molecule has 1 fully saturated rings. The minimum atomic E-state index is -0.791. The maximum absolute atomic E-state index is 12.6. The molecule has 1 aromatic carbocycles. The summed E-state index contributed by atoms with van der Waals surface area (Å²) in [5, 5.41) is 0.405. The topological polar surface area (TPSA) is 72.9 Å². The lowest BCUT2D eigenvalue weighted by Gasteiger charge is -2.30. The van der Waals surface area contributed by atoms with Gasteiger partial charge in [0.05, 0.1) is 25.8 Å². The van der Waals surface area contributed by atoms with Crippen LogP contribution in [0.4, 0.5) is 0 Å². The van der Waals surface area contributed by atoms with Crippen molar-refractivity contribution in [1.29, 1.82) is 0 Å². The van der Waals surface area contributed by atoms with Crippen molar-refractivity contribution in [1.82, 2.24) is 4.90 Å². The zero-order chi connectivity index (χ0) is 17.0. The summed E-state index contributed by atoms with van der Waals surface area (Å²) in [6.45, 7) is 2.08. The molecule has 1 aromatic rings. The van der Waals surface area contributed by atoms with Gasteiger partial charge in [-0.2, -0.15) is 0 Å². The van der Waals surface area contributed by atoms with E-state index in [0.717, 1.165) is 0 Å². The first-order chi connectivity index (χ1) is 11.0. The van der Waals surface area contributed by atoms with Gasteiger partial charge in [-0.15, -0.1) is 0 Å². The molecule has 124 valence electrons. The number of carbonyl (C=O) groups excluding carboxylic acids is 3. The lowest BCUT2D eigenvalue weighted by molar-refractivity contribution is -0.153. The van der Waals surface area contributed by atoms with E-state index in [1.807, 2.05) is 0 Å². The Morgan fingerprint density at radius 1 is 1.39 bits per heavy atom. The van der Waals surface area contributed by atoms with Crippen LogP contribution in [-0.4, -0.2) is 49.4 Å². The molecule has 2 rings (SSSR count). The quantitative estimate of drug-likeness (QED) is 0.619. The summed E-state index contributed by atoms with van der Waals surface area (Å²) < 4.78 is 10.0. The van der Waals surface area contributed by atoms with E-state index in [2.05, 4.69) is 0 Å². The summed E-state index contributed by atoms with van der Waals surface area (Å²) in [6.07, 6.45) is 0.256. The maximum Gasteiger partial charge on any atom is 0.316 e. The third kappa shape index (κ3) is 3.82. The first-order valence-corrected chi connectivity index (χ1v) is 7.67. The lowest BCUT2D eigenvalue weighted by atomic mass is 9.95. The molecular weight excluding hydrogens is 322 g/mol. The third-order valence-corrected chi connectivity index (χ3v) is 3.91. The number of ketones is 1. The second kappa shape index (κ2) is 7.46. The Kier molecular flexibility index (Phi) is 5.60. The summed E-state index contributed by atoms with van der Waals surface area (Å²) in [7, 11) is 1.46. The molecule has 1 amide bonds. The van der Waals surface area contributed by atoms with Crippen LogP contribution in [0.25, 0.3) is 0 Å². The molecule has 1 unspecified atom stereocenters. The SMILES string of the molecule is CCOC(=O)C1CCN(C(=O)c2cc(Cl)ccc2OC)CC1=O. The average Bonchev–Trinajstić information content (AvgIpc) is 2.54. The number of rotatable bonds is 4. The number of likely N-dealkylation sites (tertiary alicyclic amines) is 1. The molecule has 0 radical (unpaired) electrons. The lowest BCUT2D eigenvalue weighted by Crippen LogP contribution is -2.46. The van der Waals surface area contributed by atoms with Gasteiger partial charge in [0, 0.05) is 11.6 Å². The number of hydrogen-bond acceptors (Lipinski definition) is 5. The van der Waals surface area contributed by atoms with Crippen molar-refractivity contribution >= 4 is 29.3 Å². The smallest absolute Gasteiger partial charge is 0.316 e. The van der Waals surface area contributed by atoms with Crippen LogP contribution in [0.3, 0.4) is 0 Å². The Hall–Kier alpha value is -2.08. The van der Waals surface area contributed by atoms with Crippen molar-refractivity contribution in [2.45, 2.75) is 13.3 Å². The normalized spacial score (nSPS) is 17.8. The van der Waals surface area contributed by atoms with E-state index in [1.165, 1.54) is 18.1 Å². The van der Waals surface area contributed by atoms with Crippen LogP contribution in [0, 0.1) is 5.92 Å². The molecule has 0 spiro atoms. The number of amides is 1. The second-order valence-electron chi connectivity index (χ2n) is 5.13. The van der Waals surface area contributed by atoms with Gasteiger partial charge in [0.15, 0.2) is 5.78 Å². The molecule has 7 heteroatoms. The Labute approximate surface area is 139 Å². The highest BCUT2D eigenvalue weighted by atomic mass is 35.5. The summed E-state index contributed by atoms with van der Waals surface area (Å²) in [5.41, 5.74) is 0.294. The van der Waals surface area contributed by atoms with Crippen LogP contribution < -0.4 is 4.74 Å². The van der Waals surface area contributed by atoms with E-state index < -0.39 is 11.9 Å². The number of halogens is 1. The van der Waals surface area contributed by atoms with Crippen molar-refractivity contribution < 1.29 is 23.9 Å². The van der Waals surface area contributed by atoms with Crippen molar-refractivity contribution in [2.75, 3.05) is 26.8 Å². The molecule has 1 atom stereocenters. The van der Waals surface area contributed by atoms with Crippen molar-refractivity contribution in [3.8, 4) is 5.75 Å². The zero-order valence-corrected chi connectivity index (χ0v) is 13.8. The number of Topliss-reactive ketones (excluding diaryl/α,β-unsaturated/α-hetero) is 1. The van der Waals surface area contributed by atoms with Gasteiger partial charge in [0.25, 0.3) is 5.91 Å². The van der Waals surface area contributed by atoms with Crippen LogP contribution in [0.1, 0.15) is 23.7 Å². The number of piperidine rings is 1. The summed E-state index contributed by atoms with van der Waals surface area (Å²) in [6, 6.07) is 4.72. The highest BCUT2D eigenvalue weighted by Crippen LogP contribution is 2.26. The molecule has 1 aliphatic heterocycles. The molecular formula is C16H18ClNO5. The van der Waals surface area contributed by atoms with Crippen molar-refractivity contribution in [3.63, 3.8) is 0 Å². The van der Waals surface area contributed by atoms with E-state index in [9.17, 15) is 14.4 Å². The van der Waals surface area contributed by atoms with Crippen LogP contribution in [0.5, 0.6) is 5.75 Å². The largest absolute Gasteiger partial charge is 0.496 e. The van der Waals surface area contributed by atoms with Crippen LogP contribution in [0.15, 0.2) is 18.2 Å². The van der Waals surface area contributed by atoms with Crippen molar-refractivity contribution in [3.05, 3.63) is 28.8 Å². The first-order valence-electron chi connectivity index (χ1n) is 7.30. The molecule has 23 heavy (non-hydrogen) atoms. The summed E-state index contributed by atoms with van der Waals surface area (Å²) in [5.74, 6) is -1.59. The number of nitrogens with zero attached hydrogens (tertiary/aromatic N) is 1. The van der Waals surface area contributed by atoms with Crippen LogP contribution >= 0.6 is 11.6 Å². The molecule has 1 aliphatic rings. The molecule has 0 aromatic heterocycles. The average molecular weight is 340 g/mol. The van der Waals surface area contributed by atoms with Gasteiger partial charge in [0.2, 0.25) is 0 Å². The third-order valence-electron chi connectivity index (χ3n) is 3.67. The fraction of sp³-hybridized carbons (Fsp3) is 0.438. The van der Waals surface area contributed by atoms with E-state index in [-0.39, 0.29) is 31.3 Å². The van der Waals surface area contributed by atoms with Gasteiger partial charge < -0.3 is 14.4 Å². The maximum atomic E-state index is 12.6. The molecule has 0 aliphatic carbocycles. The Balaban J connectivity index is 2.13. The molecule has 0 saturated carbocycles. The van der Waals surface area contributed by atoms with Gasteiger partial charge in [-0.25, -0.2) is 0 Å². The van der Waals surface area contributed by atoms with Gasteiger partial charge >= 0.3 is 5.97 Å².